The number of hydrogen-bond acceptors (Lipinski definition) is 3. The lowest BCUT2D eigenvalue weighted by Gasteiger charge is -2.33. The van der Waals surface area contributed by atoms with Gasteiger partial charge in [0.2, 0.25) is 0 Å². The molecule has 1 aliphatic heterocycles. The molecule has 2 rings (SSSR count). The number of piperidine rings is 1. The summed E-state index contributed by atoms with van der Waals surface area (Å²) in [5.41, 5.74) is 2.67. The Morgan fingerprint density at radius 3 is 2.58 bits per heavy atom. The Balaban J connectivity index is 0.00000338. The van der Waals surface area contributed by atoms with Crippen LogP contribution in [0.25, 0.3) is 0 Å². The van der Waals surface area contributed by atoms with Gasteiger partial charge in [-0.3, -0.25) is 9.89 Å². The number of ether oxygens (including phenoxy) is 1. The van der Waals surface area contributed by atoms with Gasteiger partial charge in [-0.15, -0.1) is 24.0 Å². The first-order valence-electron chi connectivity index (χ1n) is 9.57. The zero-order chi connectivity index (χ0) is 17.9. The van der Waals surface area contributed by atoms with Gasteiger partial charge in [0, 0.05) is 39.3 Å². The van der Waals surface area contributed by atoms with Crippen LogP contribution in [0.1, 0.15) is 44.2 Å². The molecular weight excluding hydrogens is 439 g/mol. The van der Waals surface area contributed by atoms with E-state index in [1.807, 2.05) is 6.92 Å². The van der Waals surface area contributed by atoms with Crippen LogP contribution in [0.5, 0.6) is 0 Å². The van der Waals surface area contributed by atoms with Crippen LogP contribution in [0.15, 0.2) is 29.3 Å². The highest BCUT2D eigenvalue weighted by Crippen LogP contribution is 2.19. The summed E-state index contributed by atoms with van der Waals surface area (Å²) >= 11 is 0. The molecule has 1 heterocycles. The molecule has 0 radical (unpaired) electrons. The average Bonchev–Trinajstić information content (AvgIpc) is 2.64. The van der Waals surface area contributed by atoms with E-state index in [4.69, 9.17) is 4.74 Å². The summed E-state index contributed by atoms with van der Waals surface area (Å²) in [5, 5.41) is 6.60. The first-order valence-corrected chi connectivity index (χ1v) is 9.57. The Bertz CT molecular complexity index is 521. The Kier molecular flexibility index (Phi) is 11.9. The fourth-order valence-corrected chi connectivity index (χ4v) is 3.18. The van der Waals surface area contributed by atoms with Crippen molar-refractivity contribution in [3.8, 4) is 0 Å². The monoisotopic (exact) mass is 474 g/mol. The molecule has 1 atom stereocenters. The molecule has 26 heavy (non-hydrogen) atoms. The van der Waals surface area contributed by atoms with Gasteiger partial charge in [0.15, 0.2) is 5.96 Å². The Labute approximate surface area is 176 Å². The van der Waals surface area contributed by atoms with Crippen molar-refractivity contribution in [2.24, 2.45) is 4.99 Å². The second kappa shape index (κ2) is 13.3. The van der Waals surface area contributed by atoms with Crippen LogP contribution < -0.4 is 10.6 Å². The fourth-order valence-electron chi connectivity index (χ4n) is 3.18. The normalized spacial score (nSPS) is 18.3. The van der Waals surface area contributed by atoms with Crippen LogP contribution >= 0.6 is 24.0 Å². The maximum atomic E-state index is 5.32. The highest BCUT2D eigenvalue weighted by atomic mass is 127. The van der Waals surface area contributed by atoms with E-state index in [0.29, 0.717) is 12.6 Å². The summed E-state index contributed by atoms with van der Waals surface area (Å²) in [7, 11) is 1.79. The lowest BCUT2D eigenvalue weighted by molar-refractivity contribution is 0.152. The van der Waals surface area contributed by atoms with Crippen molar-refractivity contribution >= 4 is 29.9 Å². The van der Waals surface area contributed by atoms with Gasteiger partial charge in [-0.25, -0.2) is 0 Å². The van der Waals surface area contributed by atoms with Gasteiger partial charge in [0.1, 0.15) is 0 Å². The third-order valence-electron chi connectivity index (χ3n) is 4.78. The molecule has 0 aromatic heterocycles. The lowest BCUT2D eigenvalue weighted by atomic mass is 10.0. The van der Waals surface area contributed by atoms with Crippen LogP contribution in [0.2, 0.25) is 0 Å². The maximum absolute atomic E-state index is 5.32. The molecule has 1 aliphatic rings. The number of benzene rings is 1. The van der Waals surface area contributed by atoms with E-state index in [2.05, 4.69) is 51.7 Å². The number of hydrogen-bond donors (Lipinski definition) is 2. The molecule has 5 nitrogen and oxygen atoms in total. The van der Waals surface area contributed by atoms with Crippen molar-refractivity contribution in [3.05, 3.63) is 35.4 Å². The second-order valence-corrected chi connectivity index (χ2v) is 6.68. The topological polar surface area (TPSA) is 48.9 Å². The maximum Gasteiger partial charge on any atom is 0.191 e. The highest BCUT2D eigenvalue weighted by molar-refractivity contribution is 14.0. The molecule has 2 N–H and O–H groups in total. The summed E-state index contributed by atoms with van der Waals surface area (Å²) in [6, 6.07) is 9.64. The molecule has 1 aromatic carbocycles. The molecule has 6 heteroatoms. The van der Waals surface area contributed by atoms with Crippen molar-refractivity contribution < 1.29 is 4.74 Å². The van der Waals surface area contributed by atoms with Crippen molar-refractivity contribution in [3.63, 3.8) is 0 Å². The third-order valence-corrected chi connectivity index (χ3v) is 4.78. The summed E-state index contributed by atoms with van der Waals surface area (Å²) in [6.07, 6.45) is 4.04. The summed E-state index contributed by atoms with van der Waals surface area (Å²) in [4.78, 5) is 6.83. The van der Waals surface area contributed by atoms with E-state index < -0.39 is 0 Å². The predicted octanol–water partition coefficient (Wildman–Crippen LogP) is 3.38. The van der Waals surface area contributed by atoms with E-state index in [1.165, 1.54) is 36.9 Å². The zero-order valence-corrected chi connectivity index (χ0v) is 18.8. The molecule has 0 spiro atoms. The zero-order valence-electron chi connectivity index (χ0n) is 16.5. The van der Waals surface area contributed by atoms with Crippen LogP contribution in [0.4, 0.5) is 0 Å². The average molecular weight is 474 g/mol. The summed E-state index contributed by atoms with van der Waals surface area (Å²) in [5.74, 6) is 0.811. The minimum Gasteiger partial charge on any atom is -0.380 e. The number of halogens is 1. The standard InChI is InChI=1S/C20H34N4O.HI/c1-4-25-14-12-22-20(21-3)23-15-18-8-10-19(11-9-18)16-24-13-6-5-7-17(24)2;/h8-11,17H,4-7,12-16H2,1-3H3,(H2,21,22,23);1H. The number of likely N-dealkylation sites (tertiary alicyclic amines) is 1. The number of aliphatic imine (C=N–C) groups is 1. The van der Waals surface area contributed by atoms with Crippen molar-refractivity contribution in [1.82, 2.24) is 15.5 Å². The molecule has 1 saturated heterocycles. The quantitative estimate of drug-likeness (QED) is 0.263. The highest BCUT2D eigenvalue weighted by Gasteiger charge is 2.17. The van der Waals surface area contributed by atoms with Gasteiger partial charge in [-0.05, 0) is 44.4 Å². The fraction of sp³-hybridized carbons (Fsp3) is 0.650. The van der Waals surface area contributed by atoms with E-state index >= 15 is 0 Å². The van der Waals surface area contributed by atoms with Gasteiger partial charge < -0.3 is 15.4 Å². The molecule has 1 aromatic rings. The Hall–Kier alpha value is -0.860. The van der Waals surface area contributed by atoms with Crippen LogP contribution in [0, 0.1) is 0 Å². The first-order chi connectivity index (χ1) is 12.2. The second-order valence-electron chi connectivity index (χ2n) is 6.68. The molecule has 1 unspecified atom stereocenters. The van der Waals surface area contributed by atoms with Gasteiger partial charge in [0.05, 0.1) is 6.61 Å². The molecule has 0 bridgehead atoms. The lowest BCUT2D eigenvalue weighted by Crippen LogP contribution is -2.38. The third kappa shape index (κ3) is 8.22. The van der Waals surface area contributed by atoms with Crippen molar-refractivity contribution in [1.29, 1.82) is 0 Å². The van der Waals surface area contributed by atoms with Crippen LogP contribution in [0.3, 0.4) is 0 Å². The van der Waals surface area contributed by atoms with Gasteiger partial charge in [-0.1, -0.05) is 30.7 Å². The number of nitrogens with zero attached hydrogens (tertiary/aromatic N) is 2. The Morgan fingerprint density at radius 2 is 1.92 bits per heavy atom. The first kappa shape index (κ1) is 23.2. The predicted molar refractivity (Wildman–Crippen MR) is 120 cm³/mol. The SMILES string of the molecule is CCOCCNC(=NC)NCc1ccc(CN2CCCCC2C)cc1.I. The Morgan fingerprint density at radius 1 is 1.19 bits per heavy atom. The van der Waals surface area contributed by atoms with Gasteiger partial charge >= 0.3 is 0 Å². The van der Waals surface area contributed by atoms with Crippen LogP contribution in [-0.2, 0) is 17.8 Å². The van der Waals surface area contributed by atoms with E-state index in [-0.39, 0.29) is 24.0 Å². The van der Waals surface area contributed by atoms with E-state index in [1.54, 1.807) is 7.05 Å². The largest absolute Gasteiger partial charge is 0.380 e. The van der Waals surface area contributed by atoms with Gasteiger partial charge in [-0.2, -0.15) is 0 Å². The molecule has 0 amide bonds. The summed E-state index contributed by atoms with van der Waals surface area (Å²) in [6.45, 7) is 9.63. The minimum atomic E-state index is 0. The molecule has 0 saturated carbocycles. The molecule has 0 aliphatic carbocycles. The number of rotatable bonds is 8. The molecule has 1 fully saturated rings. The summed E-state index contributed by atoms with van der Waals surface area (Å²) < 4.78 is 5.32. The van der Waals surface area contributed by atoms with Crippen molar-refractivity contribution in [2.45, 2.75) is 52.2 Å². The van der Waals surface area contributed by atoms with E-state index in [9.17, 15) is 0 Å². The number of guanidine groups is 1. The smallest absolute Gasteiger partial charge is 0.191 e. The minimum absolute atomic E-state index is 0. The molecular formula is C20H35IN4O. The van der Waals surface area contributed by atoms with E-state index in [0.717, 1.165) is 32.2 Å². The van der Waals surface area contributed by atoms with Gasteiger partial charge in [0.25, 0.3) is 0 Å². The van der Waals surface area contributed by atoms with Crippen molar-refractivity contribution in [2.75, 3.05) is 33.4 Å². The number of nitrogens with one attached hydrogen (secondary N) is 2. The molecule has 148 valence electrons. The van der Waals surface area contributed by atoms with Crippen LogP contribution in [-0.4, -0.2) is 50.3 Å².